The second kappa shape index (κ2) is 7.20. The minimum atomic E-state index is -3.87. The van der Waals surface area contributed by atoms with E-state index in [-0.39, 0.29) is 17.1 Å². The normalized spacial score (nSPS) is 13.8. The van der Waals surface area contributed by atoms with Crippen LogP contribution in [-0.2, 0) is 14.9 Å². The Labute approximate surface area is 127 Å². The fourth-order valence-electron chi connectivity index (χ4n) is 2.01. The molecule has 0 fully saturated rings. The lowest BCUT2D eigenvalue weighted by atomic mass is 9.90. The largest absolute Gasteiger partial charge is 0.298 e. The highest BCUT2D eigenvalue weighted by Gasteiger charge is 2.39. The van der Waals surface area contributed by atoms with Crippen molar-refractivity contribution in [3.05, 3.63) is 0 Å². The first kappa shape index (κ1) is 19.8. The molecule has 0 saturated heterocycles. The first-order chi connectivity index (χ1) is 8.81. The fraction of sp³-hybridized carbons (Fsp3) is 0.923. The lowest BCUT2D eigenvalue weighted by molar-refractivity contribution is -0.126. The van der Waals surface area contributed by atoms with E-state index in [1.807, 2.05) is 13.8 Å². The maximum absolute atomic E-state index is 11.6. The van der Waals surface area contributed by atoms with Crippen molar-refractivity contribution in [2.45, 2.75) is 71.4 Å². The second-order valence-corrected chi connectivity index (χ2v) is 8.22. The SMILES string of the molecule is CC(=O)C(C)(C)N(Cl)C(C)(C)CCCCCS(=O)(=O)O. The second-order valence-electron chi connectivity index (χ2n) is 6.31. The molecule has 0 aromatic carbocycles. The molecule has 0 bridgehead atoms. The molecule has 0 radical (unpaired) electrons. The van der Waals surface area contributed by atoms with E-state index >= 15 is 0 Å². The average Bonchev–Trinajstić information content (AvgIpc) is 2.25. The molecule has 120 valence electrons. The maximum Gasteiger partial charge on any atom is 0.264 e. The van der Waals surface area contributed by atoms with Gasteiger partial charge >= 0.3 is 0 Å². The third-order valence-corrected chi connectivity index (χ3v) is 5.26. The van der Waals surface area contributed by atoms with Gasteiger partial charge in [0.25, 0.3) is 10.1 Å². The van der Waals surface area contributed by atoms with Crippen LogP contribution in [0.1, 0.15) is 60.3 Å². The van der Waals surface area contributed by atoms with Crippen LogP contribution in [0.5, 0.6) is 0 Å². The van der Waals surface area contributed by atoms with E-state index in [2.05, 4.69) is 0 Å². The highest BCUT2D eigenvalue weighted by atomic mass is 35.5. The molecule has 0 aliphatic rings. The van der Waals surface area contributed by atoms with Gasteiger partial charge in [0.05, 0.1) is 11.3 Å². The highest BCUT2D eigenvalue weighted by Crippen LogP contribution is 2.32. The van der Waals surface area contributed by atoms with Crippen LogP contribution in [0.25, 0.3) is 0 Å². The van der Waals surface area contributed by atoms with Crippen LogP contribution >= 0.6 is 11.8 Å². The number of carbonyl (C=O) groups excluding carboxylic acids is 1. The molecular formula is C13H26ClNO4S. The molecule has 0 rings (SSSR count). The predicted molar refractivity (Wildman–Crippen MR) is 81.4 cm³/mol. The molecule has 5 nitrogen and oxygen atoms in total. The van der Waals surface area contributed by atoms with Crippen molar-refractivity contribution in [2.75, 3.05) is 5.75 Å². The molecule has 0 aliphatic heterocycles. The Morgan fingerprint density at radius 2 is 1.65 bits per heavy atom. The number of unbranched alkanes of at least 4 members (excludes halogenated alkanes) is 2. The summed E-state index contributed by atoms with van der Waals surface area (Å²) in [6.45, 7) is 8.98. The zero-order chi connectivity index (χ0) is 16.2. The van der Waals surface area contributed by atoms with Gasteiger partial charge in [-0.1, -0.05) is 12.8 Å². The van der Waals surface area contributed by atoms with Crippen LogP contribution in [0.15, 0.2) is 0 Å². The monoisotopic (exact) mass is 327 g/mol. The summed E-state index contributed by atoms with van der Waals surface area (Å²) >= 11 is 6.32. The summed E-state index contributed by atoms with van der Waals surface area (Å²) in [5, 5.41) is 0. The molecule has 0 atom stereocenters. The molecule has 0 amide bonds. The Bertz CT molecular complexity index is 432. The van der Waals surface area contributed by atoms with Gasteiger partial charge in [-0.15, -0.1) is 0 Å². The van der Waals surface area contributed by atoms with E-state index in [1.54, 1.807) is 18.3 Å². The van der Waals surface area contributed by atoms with Gasteiger partial charge in [-0.2, -0.15) is 8.42 Å². The van der Waals surface area contributed by atoms with Gasteiger partial charge in [0.15, 0.2) is 5.78 Å². The Kier molecular flexibility index (Phi) is 7.14. The summed E-state index contributed by atoms with van der Waals surface area (Å²) in [5.41, 5.74) is -1.13. The lowest BCUT2D eigenvalue weighted by Crippen LogP contribution is -2.53. The zero-order valence-electron chi connectivity index (χ0n) is 12.9. The van der Waals surface area contributed by atoms with Crippen molar-refractivity contribution in [1.82, 2.24) is 4.42 Å². The summed E-state index contributed by atoms with van der Waals surface area (Å²) < 4.78 is 31.4. The Hall–Kier alpha value is -0.170. The van der Waals surface area contributed by atoms with Crippen molar-refractivity contribution < 1.29 is 17.8 Å². The van der Waals surface area contributed by atoms with E-state index in [9.17, 15) is 13.2 Å². The minimum absolute atomic E-state index is 0.00745. The van der Waals surface area contributed by atoms with Crippen molar-refractivity contribution in [3.8, 4) is 0 Å². The number of ketones is 1. The molecule has 20 heavy (non-hydrogen) atoms. The molecular weight excluding hydrogens is 302 g/mol. The van der Waals surface area contributed by atoms with Gasteiger partial charge in [-0.25, -0.2) is 4.42 Å². The highest BCUT2D eigenvalue weighted by molar-refractivity contribution is 7.85. The summed E-state index contributed by atoms with van der Waals surface area (Å²) in [6.07, 6.45) is 2.63. The topological polar surface area (TPSA) is 74.7 Å². The number of carbonyl (C=O) groups is 1. The van der Waals surface area contributed by atoms with Gasteiger partial charge < -0.3 is 0 Å². The molecule has 0 saturated carbocycles. The number of Topliss-reactive ketones (excluding diaryl/α,β-unsaturated/α-hetero) is 1. The molecule has 7 heteroatoms. The molecule has 0 heterocycles. The zero-order valence-corrected chi connectivity index (χ0v) is 14.5. The van der Waals surface area contributed by atoms with Crippen LogP contribution in [-0.4, -0.2) is 40.0 Å². The smallest absolute Gasteiger partial charge is 0.264 e. The number of hydrogen-bond donors (Lipinski definition) is 1. The summed E-state index contributed by atoms with van der Waals surface area (Å²) in [6, 6.07) is 0. The van der Waals surface area contributed by atoms with E-state index in [0.29, 0.717) is 12.8 Å². The molecule has 0 aromatic heterocycles. The Balaban J connectivity index is 4.36. The number of rotatable bonds is 9. The third kappa shape index (κ3) is 6.52. The predicted octanol–water partition coefficient (Wildman–Crippen LogP) is 3.04. The standard InChI is InChI=1S/C13H26ClNO4S/c1-11(16)13(4,5)15(14)12(2,3)9-7-6-8-10-20(17,18)19/h6-10H2,1-5H3,(H,17,18,19). The Morgan fingerprint density at radius 3 is 2.05 bits per heavy atom. The maximum atomic E-state index is 11.6. The molecule has 0 spiro atoms. The van der Waals surface area contributed by atoms with Gasteiger partial charge in [0.2, 0.25) is 0 Å². The van der Waals surface area contributed by atoms with Crippen molar-refractivity contribution >= 4 is 27.7 Å². The molecule has 0 unspecified atom stereocenters. The van der Waals surface area contributed by atoms with Crippen LogP contribution < -0.4 is 0 Å². The fourth-order valence-corrected chi connectivity index (χ4v) is 2.78. The third-order valence-electron chi connectivity index (χ3n) is 3.57. The van der Waals surface area contributed by atoms with Crippen molar-refractivity contribution in [1.29, 1.82) is 0 Å². The molecule has 1 N–H and O–H groups in total. The lowest BCUT2D eigenvalue weighted by Gasteiger charge is -2.42. The van der Waals surface area contributed by atoms with Crippen LogP contribution in [0, 0.1) is 0 Å². The minimum Gasteiger partial charge on any atom is -0.298 e. The summed E-state index contributed by atoms with van der Waals surface area (Å²) in [4.78, 5) is 11.6. The van der Waals surface area contributed by atoms with Gasteiger partial charge in [-0.3, -0.25) is 9.35 Å². The molecule has 0 aromatic rings. The van der Waals surface area contributed by atoms with Gasteiger partial charge in [0, 0.05) is 5.54 Å². The number of nitrogens with zero attached hydrogens (tertiary/aromatic N) is 1. The van der Waals surface area contributed by atoms with E-state index in [4.69, 9.17) is 16.3 Å². The number of halogens is 1. The average molecular weight is 328 g/mol. The van der Waals surface area contributed by atoms with Gasteiger partial charge in [-0.05, 0) is 59.2 Å². The van der Waals surface area contributed by atoms with Crippen LogP contribution in [0.2, 0.25) is 0 Å². The quantitative estimate of drug-likeness (QED) is 0.400. The van der Waals surface area contributed by atoms with Crippen molar-refractivity contribution in [3.63, 3.8) is 0 Å². The van der Waals surface area contributed by atoms with Crippen LogP contribution in [0.4, 0.5) is 0 Å². The first-order valence-corrected chi connectivity index (χ1v) is 8.68. The van der Waals surface area contributed by atoms with E-state index < -0.39 is 15.7 Å². The first-order valence-electron chi connectivity index (χ1n) is 6.73. The van der Waals surface area contributed by atoms with E-state index in [1.165, 1.54) is 6.92 Å². The molecule has 0 aliphatic carbocycles. The summed E-state index contributed by atoms with van der Waals surface area (Å²) in [7, 11) is -3.87. The van der Waals surface area contributed by atoms with Crippen molar-refractivity contribution in [2.24, 2.45) is 0 Å². The van der Waals surface area contributed by atoms with E-state index in [0.717, 1.165) is 12.8 Å². The number of hydrogen-bond acceptors (Lipinski definition) is 4. The van der Waals surface area contributed by atoms with Crippen LogP contribution in [0.3, 0.4) is 0 Å². The summed E-state index contributed by atoms with van der Waals surface area (Å²) in [5.74, 6) is -0.219. The Morgan fingerprint density at radius 1 is 1.15 bits per heavy atom. The van der Waals surface area contributed by atoms with Gasteiger partial charge in [0.1, 0.15) is 0 Å².